The lowest BCUT2D eigenvalue weighted by molar-refractivity contribution is -0.384. The first kappa shape index (κ1) is 16.5. The van der Waals surface area contributed by atoms with Crippen molar-refractivity contribution in [1.82, 2.24) is 10.4 Å². The van der Waals surface area contributed by atoms with Crippen LogP contribution < -0.4 is 10.9 Å². The number of hydrazine groups is 1. The molecule has 126 valence electrons. The molecular formula is C16H11FN4O3S. The summed E-state index contributed by atoms with van der Waals surface area (Å²) in [6.07, 6.45) is 0. The molecule has 3 rings (SSSR count). The van der Waals surface area contributed by atoms with E-state index in [1.807, 2.05) is 0 Å². The van der Waals surface area contributed by atoms with Gasteiger partial charge < -0.3 is 0 Å². The molecule has 3 aromatic rings. The number of benzene rings is 2. The molecule has 0 aliphatic heterocycles. The third-order valence-corrected chi connectivity index (χ3v) is 4.02. The van der Waals surface area contributed by atoms with Crippen molar-refractivity contribution in [2.24, 2.45) is 0 Å². The molecule has 1 aromatic heterocycles. The van der Waals surface area contributed by atoms with E-state index < -0.39 is 16.6 Å². The molecule has 0 radical (unpaired) electrons. The smallest absolute Gasteiger partial charge is 0.272 e. The van der Waals surface area contributed by atoms with Crippen LogP contribution in [-0.2, 0) is 0 Å². The summed E-state index contributed by atoms with van der Waals surface area (Å²) in [5, 5.41) is 12.9. The van der Waals surface area contributed by atoms with Crippen molar-refractivity contribution < 1.29 is 14.1 Å². The van der Waals surface area contributed by atoms with Gasteiger partial charge in [0.25, 0.3) is 11.6 Å². The Morgan fingerprint density at radius 1 is 1.20 bits per heavy atom. The van der Waals surface area contributed by atoms with Crippen LogP contribution in [0.3, 0.4) is 0 Å². The van der Waals surface area contributed by atoms with Crippen molar-refractivity contribution in [2.75, 3.05) is 5.43 Å². The van der Waals surface area contributed by atoms with E-state index in [2.05, 4.69) is 15.8 Å². The Labute approximate surface area is 145 Å². The Kier molecular flexibility index (Phi) is 4.66. The first-order chi connectivity index (χ1) is 12.0. The molecule has 0 aliphatic rings. The summed E-state index contributed by atoms with van der Waals surface area (Å²) < 4.78 is 13.5. The van der Waals surface area contributed by atoms with Crippen molar-refractivity contribution in [3.05, 3.63) is 75.4 Å². The maximum atomic E-state index is 13.5. The lowest BCUT2D eigenvalue weighted by Gasteiger charge is -2.06. The molecule has 9 heteroatoms. The molecule has 25 heavy (non-hydrogen) atoms. The average molecular weight is 358 g/mol. The number of carbonyl (C=O) groups excluding carboxylic acids is 1. The molecule has 0 atom stereocenters. The highest BCUT2D eigenvalue weighted by atomic mass is 32.1. The van der Waals surface area contributed by atoms with Gasteiger partial charge in [-0.3, -0.25) is 25.8 Å². The minimum absolute atomic E-state index is 0.0344. The number of halogens is 1. The van der Waals surface area contributed by atoms with Crippen LogP contribution in [0.2, 0.25) is 0 Å². The fourth-order valence-electron chi connectivity index (χ4n) is 2.07. The van der Waals surface area contributed by atoms with Crippen LogP contribution in [0.5, 0.6) is 0 Å². The Balaban J connectivity index is 1.70. The number of aromatic nitrogens is 1. The number of hydrogen-bond donors (Lipinski definition) is 2. The summed E-state index contributed by atoms with van der Waals surface area (Å²) in [5.74, 6) is -1.26. The second-order valence-electron chi connectivity index (χ2n) is 4.90. The van der Waals surface area contributed by atoms with Crippen LogP contribution in [0.15, 0.2) is 53.9 Å². The number of carbonyl (C=O) groups is 1. The fourth-order valence-corrected chi connectivity index (χ4v) is 2.74. The molecule has 1 amide bonds. The van der Waals surface area contributed by atoms with Crippen LogP contribution in [0, 0.1) is 15.9 Å². The molecule has 0 aliphatic carbocycles. The normalized spacial score (nSPS) is 10.3. The number of nitro groups is 1. The van der Waals surface area contributed by atoms with E-state index in [0.717, 1.165) is 0 Å². The summed E-state index contributed by atoms with van der Waals surface area (Å²) in [6.45, 7) is 0. The zero-order valence-electron chi connectivity index (χ0n) is 12.6. The molecule has 0 saturated heterocycles. The van der Waals surface area contributed by atoms with Crippen LogP contribution in [0.25, 0.3) is 11.3 Å². The maximum Gasteiger partial charge on any atom is 0.272 e. The summed E-state index contributed by atoms with van der Waals surface area (Å²) in [7, 11) is 0. The van der Waals surface area contributed by atoms with Gasteiger partial charge in [0.05, 0.1) is 16.2 Å². The first-order valence-corrected chi connectivity index (χ1v) is 7.94. The standard InChI is InChI=1S/C16H11FN4O3S/c17-13-7-2-1-6-12(13)15(22)19-20-16-18-14(9-25-16)10-4-3-5-11(8-10)21(23)24/h1-9H,(H,18,20)(H,19,22). The number of non-ortho nitro benzene ring substituents is 1. The number of nitro benzene ring substituents is 1. The highest BCUT2D eigenvalue weighted by molar-refractivity contribution is 7.14. The third kappa shape index (κ3) is 3.78. The van der Waals surface area contributed by atoms with Crippen molar-refractivity contribution in [3.63, 3.8) is 0 Å². The van der Waals surface area contributed by atoms with Crippen LogP contribution in [-0.4, -0.2) is 15.8 Å². The number of anilines is 1. The van der Waals surface area contributed by atoms with E-state index in [1.54, 1.807) is 23.6 Å². The van der Waals surface area contributed by atoms with E-state index in [1.165, 1.54) is 41.7 Å². The van der Waals surface area contributed by atoms with Crippen LogP contribution >= 0.6 is 11.3 Å². The van der Waals surface area contributed by atoms with Gasteiger partial charge >= 0.3 is 0 Å². The summed E-state index contributed by atoms with van der Waals surface area (Å²) >= 11 is 1.20. The van der Waals surface area contributed by atoms with Gasteiger partial charge in [0.2, 0.25) is 5.13 Å². The summed E-state index contributed by atoms with van der Waals surface area (Å²) in [6, 6.07) is 11.7. The number of nitrogens with zero attached hydrogens (tertiary/aromatic N) is 2. The molecule has 0 bridgehead atoms. The first-order valence-electron chi connectivity index (χ1n) is 7.06. The van der Waals surface area contributed by atoms with Gasteiger partial charge in [-0.1, -0.05) is 24.3 Å². The van der Waals surface area contributed by atoms with Crippen LogP contribution in [0.4, 0.5) is 15.2 Å². The van der Waals surface area contributed by atoms with E-state index in [-0.39, 0.29) is 11.3 Å². The second kappa shape index (κ2) is 7.05. The third-order valence-electron chi connectivity index (χ3n) is 3.26. The summed E-state index contributed by atoms with van der Waals surface area (Å²) in [5.41, 5.74) is 5.95. The lowest BCUT2D eigenvalue weighted by Crippen LogP contribution is -2.29. The van der Waals surface area contributed by atoms with Gasteiger partial charge in [0.15, 0.2) is 0 Å². The maximum absolute atomic E-state index is 13.5. The lowest BCUT2D eigenvalue weighted by atomic mass is 10.1. The molecule has 7 nitrogen and oxygen atoms in total. The molecule has 2 N–H and O–H groups in total. The monoisotopic (exact) mass is 358 g/mol. The predicted molar refractivity (Wildman–Crippen MR) is 91.7 cm³/mol. The SMILES string of the molecule is O=C(NNc1nc(-c2cccc([N+](=O)[O-])c2)cs1)c1ccccc1F. The van der Waals surface area contributed by atoms with E-state index in [0.29, 0.717) is 16.4 Å². The topological polar surface area (TPSA) is 97.2 Å². The van der Waals surface area contributed by atoms with Crippen molar-refractivity contribution in [2.45, 2.75) is 0 Å². The number of nitrogens with one attached hydrogen (secondary N) is 2. The van der Waals surface area contributed by atoms with Crippen LogP contribution in [0.1, 0.15) is 10.4 Å². The molecule has 0 saturated carbocycles. The van der Waals surface area contributed by atoms with Gasteiger partial charge in [-0.2, -0.15) is 0 Å². The molecule has 0 spiro atoms. The highest BCUT2D eigenvalue weighted by Crippen LogP contribution is 2.27. The predicted octanol–water partition coefficient (Wildman–Crippen LogP) is 3.61. The van der Waals surface area contributed by atoms with E-state index in [9.17, 15) is 19.3 Å². The van der Waals surface area contributed by atoms with E-state index >= 15 is 0 Å². The van der Waals surface area contributed by atoms with E-state index in [4.69, 9.17) is 0 Å². The van der Waals surface area contributed by atoms with Crippen molar-refractivity contribution >= 4 is 28.1 Å². The number of rotatable bonds is 5. The van der Waals surface area contributed by atoms with Crippen molar-refractivity contribution in [3.8, 4) is 11.3 Å². The Bertz CT molecular complexity index is 944. The Morgan fingerprint density at radius 2 is 2.00 bits per heavy atom. The van der Waals surface area contributed by atoms with Gasteiger partial charge in [0, 0.05) is 23.1 Å². The fraction of sp³-hybridized carbons (Fsp3) is 0. The van der Waals surface area contributed by atoms with Gasteiger partial charge in [-0.15, -0.1) is 11.3 Å². The number of thiazole rings is 1. The largest absolute Gasteiger partial charge is 0.273 e. The zero-order chi connectivity index (χ0) is 17.8. The van der Waals surface area contributed by atoms with Crippen molar-refractivity contribution in [1.29, 1.82) is 0 Å². The molecule has 1 heterocycles. The molecule has 2 aromatic carbocycles. The summed E-state index contributed by atoms with van der Waals surface area (Å²) in [4.78, 5) is 26.5. The quantitative estimate of drug-likeness (QED) is 0.536. The van der Waals surface area contributed by atoms with Gasteiger partial charge in [-0.05, 0) is 12.1 Å². The minimum Gasteiger partial charge on any atom is -0.273 e. The molecule has 0 unspecified atom stereocenters. The number of amides is 1. The van der Waals surface area contributed by atoms with Gasteiger partial charge in [-0.25, -0.2) is 9.37 Å². The minimum atomic E-state index is -0.634. The number of hydrogen-bond acceptors (Lipinski definition) is 6. The molecule has 0 fully saturated rings. The Morgan fingerprint density at radius 3 is 2.76 bits per heavy atom. The highest BCUT2D eigenvalue weighted by Gasteiger charge is 2.12. The zero-order valence-corrected chi connectivity index (χ0v) is 13.4. The second-order valence-corrected chi connectivity index (χ2v) is 5.76. The Hall–Kier alpha value is -3.33. The molecular weight excluding hydrogens is 347 g/mol. The average Bonchev–Trinajstić information content (AvgIpc) is 3.09. The van der Waals surface area contributed by atoms with Gasteiger partial charge in [0.1, 0.15) is 5.82 Å².